The lowest BCUT2D eigenvalue weighted by Gasteiger charge is -2.41. The van der Waals surface area contributed by atoms with Crippen LogP contribution < -0.4 is 5.73 Å². The summed E-state index contributed by atoms with van der Waals surface area (Å²) in [5.41, 5.74) is 5.69. The summed E-state index contributed by atoms with van der Waals surface area (Å²) < 4.78 is 1.10. The molecule has 15 heavy (non-hydrogen) atoms. The Morgan fingerprint density at radius 1 is 1.40 bits per heavy atom. The molecule has 1 heterocycles. The minimum atomic E-state index is -0.347. The van der Waals surface area contributed by atoms with Gasteiger partial charge in [-0.15, -0.1) is 11.3 Å². The van der Waals surface area contributed by atoms with Crippen LogP contribution in [0.3, 0.4) is 0 Å². The molecule has 1 rings (SSSR count). The Hall–Kier alpha value is 0.1000. The third-order valence-electron chi connectivity index (χ3n) is 3.15. The molecule has 3 N–H and O–H groups in total. The molecule has 0 bridgehead atoms. The van der Waals surface area contributed by atoms with Crippen LogP contribution in [0, 0.1) is 0 Å². The van der Waals surface area contributed by atoms with Crippen molar-refractivity contribution in [1.29, 1.82) is 0 Å². The van der Waals surface area contributed by atoms with E-state index in [1.165, 1.54) is 4.88 Å². The fraction of sp³-hybridized carbons (Fsp3) is 0.636. The average molecular weight is 292 g/mol. The lowest BCUT2D eigenvalue weighted by atomic mass is 9.70. The third-order valence-corrected chi connectivity index (χ3v) is 5.04. The smallest absolute Gasteiger partial charge is 0.0701 e. The van der Waals surface area contributed by atoms with Crippen LogP contribution >= 0.6 is 27.3 Å². The first kappa shape index (κ1) is 13.2. The summed E-state index contributed by atoms with van der Waals surface area (Å²) in [6, 6.07) is 4.11. The van der Waals surface area contributed by atoms with Crippen molar-refractivity contribution in [3.05, 3.63) is 20.8 Å². The number of hydrogen-bond acceptors (Lipinski definition) is 3. The first-order chi connectivity index (χ1) is 6.81. The Morgan fingerprint density at radius 3 is 2.33 bits per heavy atom. The Labute approximate surface area is 104 Å². The van der Waals surface area contributed by atoms with E-state index in [0.29, 0.717) is 6.42 Å². The van der Waals surface area contributed by atoms with Crippen LogP contribution in [0.5, 0.6) is 0 Å². The lowest BCUT2D eigenvalue weighted by Crippen LogP contribution is -2.52. The van der Waals surface area contributed by atoms with E-state index in [4.69, 9.17) is 5.73 Å². The molecule has 0 aromatic carbocycles. The summed E-state index contributed by atoms with van der Waals surface area (Å²) in [6.45, 7) is 6.29. The van der Waals surface area contributed by atoms with Gasteiger partial charge in [-0.25, -0.2) is 0 Å². The quantitative estimate of drug-likeness (QED) is 0.896. The molecule has 0 aliphatic rings. The van der Waals surface area contributed by atoms with Crippen LogP contribution in [-0.4, -0.2) is 17.3 Å². The normalized spacial score (nSPS) is 16.4. The third kappa shape index (κ3) is 2.61. The van der Waals surface area contributed by atoms with Gasteiger partial charge < -0.3 is 10.8 Å². The highest BCUT2D eigenvalue weighted by molar-refractivity contribution is 9.11. The molecule has 0 saturated heterocycles. The fourth-order valence-electron chi connectivity index (χ4n) is 1.60. The van der Waals surface area contributed by atoms with E-state index in [2.05, 4.69) is 28.9 Å². The molecule has 0 aliphatic carbocycles. The van der Waals surface area contributed by atoms with Crippen molar-refractivity contribution >= 4 is 27.3 Å². The standard InChI is InChI=1S/C11H18BrNOS/c1-10(2,13)11(3,6-7-14)8-4-5-9(12)15-8/h4-5,14H,6-7,13H2,1-3H3. The second kappa shape index (κ2) is 4.53. The number of aliphatic hydroxyl groups excluding tert-OH is 1. The monoisotopic (exact) mass is 291 g/mol. The van der Waals surface area contributed by atoms with Gasteiger partial charge in [0.25, 0.3) is 0 Å². The van der Waals surface area contributed by atoms with Crippen LogP contribution in [0.1, 0.15) is 32.1 Å². The number of aliphatic hydroxyl groups is 1. The van der Waals surface area contributed by atoms with Crippen molar-refractivity contribution < 1.29 is 5.11 Å². The van der Waals surface area contributed by atoms with Gasteiger partial charge >= 0.3 is 0 Å². The number of hydrogen-bond donors (Lipinski definition) is 2. The Balaban J connectivity index is 3.12. The lowest BCUT2D eigenvalue weighted by molar-refractivity contribution is 0.193. The van der Waals surface area contributed by atoms with E-state index >= 15 is 0 Å². The minimum absolute atomic E-state index is 0.159. The maximum absolute atomic E-state index is 9.17. The van der Waals surface area contributed by atoms with Crippen molar-refractivity contribution in [2.75, 3.05) is 6.61 Å². The first-order valence-corrected chi connectivity index (χ1v) is 6.58. The van der Waals surface area contributed by atoms with Gasteiger partial charge in [0.05, 0.1) is 3.79 Å². The van der Waals surface area contributed by atoms with Crippen LogP contribution in [0.15, 0.2) is 15.9 Å². The molecule has 2 nitrogen and oxygen atoms in total. The molecule has 0 radical (unpaired) electrons. The zero-order valence-electron chi connectivity index (χ0n) is 9.38. The molecule has 1 unspecified atom stereocenters. The number of thiophene rings is 1. The van der Waals surface area contributed by atoms with E-state index in [0.717, 1.165) is 3.79 Å². The van der Waals surface area contributed by atoms with Crippen molar-refractivity contribution in [1.82, 2.24) is 0 Å². The van der Waals surface area contributed by atoms with Crippen molar-refractivity contribution in [2.24, 2.45) is 5.73 Å². The summed E-state index contributed by atoms with van der Waals surface area (Å²) in [5, 5.41) is 9.17. The second-order valence-corrected chi connectivity index (χ2v) is 7.09. The molecule has 0 amide bonds. The van der Waals surface area contributed by atoms with Gasteiger partial charge in [0, 0.05) is 22.4 Å². The topological polar surface area (TPSA) is 46.2 Å². The maximum atomic E-state index is 9.17. The van der Waals surface area contributed by atoms with E-state index in [1.807, 2.05) is 19.9 Å². The van der Waals surface area contributed by atoms with Crippen LogP contribution in [0.25, 0.3) is 0 Å². The Bertz CT molecular complexity index is 332. The van der Waals surface area contributed by atoms with Gasteiger partial charge in [0.1, 0.15) is 0 Å². The van der Waals surface area contributed by atoms with Gasteiger partial charge in [-0.3, -0.25) is 0 Å². The molecule has 1 aromatic rings. The number of nitrogens with two attached hydrogens (primary N) is 1. The Kier molecular flexibility index (Phi) is 3.98. The van der Waals surface area contributed by atoms with E-state index in [-0.39, 0.29) is 17.6 Å². The molecule has 0 saturated carbocycles. The van der Waals surface area contributed by atoms with Gasteiger partial charge in [-0.05, 0) is 48.3 Å². The van der Waals surface area contributed by atoms with Gasteiger partial charge in [-0.1, -0.05) is 6.92 Å². The molecule has 4 heteroatoms. The van der Waals surface area contributed by atoms with Gasteiger partial charge in [0.15, 0.2) is 0 Å². The molecule has 1 atom stereocenters. The van der Waals surface area contributed by atoms with Crippen molar-refractivity contribution in [3.63, 3.8) is 0 Å². The van der Waals surface area contributed by atoms with Gasteiger partial charge in [-0.2, -0.15) is 0 Å². The predicted molar refractivity (Wildman–Crippen MR) is 69.3 cm³/mol. The zero-order chi connectivity index (χ0) is 11.7. The van der Waals surface area contributed by atoms with E-state index < -0.39 is 0 Å². The molecule has 86 valence electrons. The number of halogens is 1. The average Bonchev–Trinajstić information content (AvgIpc) is 2.50. The highest BCUT2D eigenvalue weighted by Gasteiger charge is 2.40. The molecule has 0 fully saturated rings. The molecule has 0 spiro atoms. The largest absolute Gasteiger partial charge is 0.396 e. The molecular formula is C11H18BrNOS. The van der Waals surface area contributed by atoms with Crippen LogP contribution in [0.2, 0.25) is 0 Å². The zero-order valence-corrected chi connectivity index (χ0v) is 11.8. The molecule has 0 aliphatic heterocycles. The summed E-state index contributed by atoms with van der Waals surface area (Å²) in [6.07, 6.45) is 0.684. The summed E-state index contributed by atoms with van der Waals surface area (Å²) in [7, 11) is 0. The van der Waals surface area contributed by atoms with E-state index in [1.54, 1.807) is 11.3 Å². The highest BCUT2D eigenvalue weighted by atomic mass is 79.9. The summed E-state index contributed by atoms with van der Waals surface area (Å²) >= 11 is 5.14. The summed E-state index contributed by atoms with van der Waals surface area (Å²) in [4.78, 5) is 1.22. The van der Waals surface area contributed by atoms with Gasteiger partial charge in [0.2, 0.25) is 0 Å². The van der Waals surface area contributed by atoms with Crippen molar-refractivity contribution in [3.8, 4) is 0 Å². The SMILES string of the molecule is CC(C)(N)C(C)(CCO)c1ccc(Br)s1. The first-order valence-electron chi connectivity index (χ1n) is 4.97. The van der Waals surface area contributed by atoms with E-state index in [9.17, 15) is 5.11 Å². The predicted octanol–water partition coefficient (Wildman–Crippen LogP) is 2.89. The minimum Gasteiger partial charge on any atom is -0.396 e. The second-order valence-electron chi connectivity index (χ2n) is 4.63. The van der Waals surface area contributed by atoms with Crippen LogP contribution in [0.4, 0.5) is 0 Å². The highest BCUT2D eigenvalue weighted by Crippen LogP contribution is 2.41. The number of rotatable bonds is 4. The Morgan fingerprint density at radius 2 is 2.00 bits per heavy atom. The molecule has 1 aromatic heterocycles. The van der Waals surface area contributed by atoms with Crippen LogP contribution in [-0.2, 0) is 5.41 Å². The molecular weight excluding hydrogens is 274 g/mol. The summed E-state index contributed by atoms with van der Waals surface area (Å²) in [5.74, 6) is 0. The fourth-order valence-corrected chi connectivity index (χ4v) is 3.33. The maximum Gasteiger partial charge on any atom is 0.0701 e. The van der Waals surface area contributed by atoms with Crippen molar-refractivity contribution in [2.45, 2.75) is 38.1 Å².